The number of rotatable bonds is 2. The molecule has 1 aromatic rings. The van der Waals surface area contributed by atoms with Gasteiger partial charge in [-0.05, 0) is 55.7 Å². The second kappa shape index (κ2) is 6.04. The van der Waals surface area contributed by atoms with Crippen molar-refractivity contribution in [3.63, 3.8) is 0 Å². The number of fused-ring (bicyclic) bond motifs is 1. The summed E-state index contributed by atoms with van der Waals surface area (Å²) >= 11 is 0. The first kappa shape index (κ1) is 15.5. The third-order valence-electron chi connectivity index (χ3n) is 5.47. The van der Waals surface area contributed by atoms with Gasteiger partial charge in [0.15, 0.2) is 0 Å². The minimum Gasteiger partial charge on any atom is -0.349 e. The monoisotopic (exact) mass is 300 g/mol. The summed E-state index contributed by atoms with van der Waals surface area (Å²) < 4.78 is 0. The van der Waals surface area contributed by atoms with Crippen LogP contribution in [0.25, 0.3) is 0 Å². The summed E-state index contributed by atoms with van der Waals surface area (Å²) in [5.74, 6) is 0.393. The molecule has 120 valence electrons. The lowest BCUT2D eigenvalue weighted by molar-refractivity contribution is -0.127. The average molecular weight is 300 g/mol. The van der Waals surface area contributed by atoms with Crippen LogP contribution in [0.3, 0.4) is 0 Å². The molecule has 3 atom stereocenters. The van der Waals surface area contributed by atoms with E-state index in [1.54, 1.807) is 0 Å². The van der Waals surface area contributed by atoms with Gasteiger partial charge in [-0.1, -0.05) is 38.1 Å². The maximum Gasteiger partial charge on any atom is 0.223 e. The van der Waals surface area contributed by atoms with Crippen LogP contribution >= 0.6 is 0 Å². The number of benzene rings is 1. The van der Waals surface area contributed by atoms with Crippen molar-refractivity contribution in [1.29, 1.82) is 0 Å². The zero-order valence-corrected chi connectivity index (χ0v) is 14.0. The van der Waals surface area contributed by atoms with Crippen LogP contribution in [0, 0.1) is 11.3 Å². The van der Waals surface area contributed by atoms with Crippen molar-refractivity contribution in [3.8, 4) is 0 Å². The lowest BCUT2D eigenvalue weighted by Gasteiger charge is -2.41. The Bertz CT molecular complexity index is 552. The van der Waals surface area contributed by atoms with Gasteiger partial charge in [-0.3, -0.25) is 4.79 Å². The van der Waals surface area contributed by atoms with Crippen LogP contribution in [-0.4, -0.2) is 18.5 Å². The quantitative estimate of drug-likeness (QED) is 0.880. The third kappa shape index (κ3) is 3.05. The molecule has 0 aromatic heterocycles. The minimum absolute atomic E-state index is 0.114. The lowest BCUT2D eigenvalue weighted by atomic mass is 9.70. The summed E-state index contributed by atoms with van der Waals surface area (Å²) in [6.07, 6.45) is 4.13. The van der Waals surface area contributed by atoms with Crippen molar-refractivity contribution in [1.82, 2.24) is 10.6 Å². The molecule has 3 heteroatoms. The molecule has 1 aliphatic heterocycles. The molecule has 0 bridgehead atoms. The Morgan fingerprint density at radius 2 is 2.09 bits per heavy atom. The second-order valence-corrected chi connectivity index (χ2v) is 7.71. The lowest BCUT2D eigenvalue weighted by Crippen LogP contribution is -2.47. The largest absolute Gasteiger partial charge is 0.349 e. The van der Waals surface area contributed by atoms with Crippen LogP contribution in [0.1, 0.15) is 57.2 Å². The van der Waals surface area contributed by atoms with E-state index in [1.165, 1.54) is 11.1 Å². The maximum atomic E-state index is 12.8. The number of piperidine rings is 1. The molecule has 1 aromatic carbocycles. The van der Waals surface area contributed by atoms with Crippen LogP contribution in [0.2, 0.25) is 0 Å². The van der Waals surface area contributed by atoms with E-state index in [-0.39, 0.29) is 23.3 Å². The van der Waals surface area contributed by atoms with Gasteiger partial charge in [0.25, 0.3) is 0 Å². The van der Waals surface area contributed by atoms with Gasteiger partial charge in [0.2, 0.25) is 5.91 Å². The number of aryl methyl sites for hydroxylation is 1. The maximum absolute atomic E-state index is 12.8. The molecule has 0 radical (unpaired) electrons. The van der Waals surface area contributed by atoms with Crippen molar-refractivity contribution in [2.45, 2.75) is 58.5 Å². The van der Waals surface area contributed by atoms with Crippen molar-refractivity contribution < 1.29 is 4.79 Å². The summed E-state index contributed by atoms with van der Waals surface area (Å²) in [6.45, 7) is 7.67. The van der Waals surface area contributed by atoms with Crippen molar-refractivity contribution >= 4 is 5.91 Å². The number of hydrogen-bond donors (Lipinski definition) is 2. The van der Waals surface area contributed by atoms with Crippen LogP contribution in [0.5, 0.6) is 0 Å². The highest BCUT2D eigenvalue weighted by Gasteiger charge is 2.38. The van der Waals surface area contributed by atoms with Gasteiger partial charge in [-0.15, -0.1) is 0 Å². The first-order chi connectivity index (χ1) is 10.5. The van der Waals surface area contributed by atoms with E-state index in [0.717, 1.165) is 32.2 Å². The number of nitrogens with one attached hydrogen (secondary N) is 2. The summed E-state index contributed by atoms with van der Waals surface area (Å²) in [5, 5.41) is 6.81. The molecule has 1 fully saturated rings. The van der Waals surface area contributed by atoms with Gasteiger partial charge in [-0.2, -0.15) is 0 Å². The topological polar surface area (TPSA) is 41.1 Å². The highest BCUT2D eigenvalue weighted by molar-refractivity contribution is 5.79. The van der Waals surface area contributed by atoms with Gasteiger partial charge in [-0.25, -0.2) is 0 Å². The fraction of sp³-hybridized carbons (Fsp3) is 0.632. The van der Waals surface area contributed by atoms with Gasteiger partial charge in [0.1, 0.15) is 0 Å². The standard InChI is InChI=1S/C19H28N2O/c1-13-12-15(9-11-20-13)18(22)21-17-16-7-5-4-6-14(16)8-10-19(17,2)3/h4-7,13,15,17,20H,8-12H2,1-3H3,(H,21,22)/t13-,15-,17?/m0/s1. The predicted molar refractivity (Wildman–Crippen MR) is 89.6 cm³/mol. The van der Waals surface area contributed by atoms with Crippen molar-refractivity contribution in [3.05, 3.63) is 35.4 Å². The predicted octanol–water partition coefficient (Wildman–Crippen LogP) is 3.20. The van der Waals surface area contributed by atoms with E-state index in [0.29, 0.717) is 6.04 Å². The van der Waals surface area contributed by atoms with Gasteiger partial charge < -0.3 is 10.6 Å². The molecule has 2 N–H and O–H groups in total. The normalized spacial score (nSPS) is 30.4. The molecule has 1 saturated heterocycles. The fourth-order valence-corrected chi connectivity index (χ4v) is 3.97. The molecule has 3 nitrogen and oxygen atoms in total. The molecular weight excluding hydrogens is 272 g/mol. The minimum atomic E-state index is 0.114. The molecule has 1 unspecified atom stereocenters. The molecule has 2 aliphatic rings. The summed E-state index contributed by atoms with van der Waals surface area (Å²) in [5.41, 5.74) is 2.82. The second-order valence-electron chi connectivity index (χ2n) is 7.71. The van der Waals surface area contributed by atoms with Gasteiger partial charge in [0, 0.05) is 12.0 Å². The van der Waals surface area contributed by atoms with Crippen LogP contribution in [0.15, 0.2) is 24.3 Å². The van der Waals surface area contributed by atoms with E-state index in [1.807, 2.05) is 0 Å². The number of carbonyl (C=O) groups excluding carboxylic acids is 1. The summed E-state index contributed by atoms with van der Waals surface area (Å²) in [4.78, 5) is 12.8. The van der Waals surface area contributed by atoms with Crippen molar-refractivity contribution in [2.24, 2.45) is 11.3 Å². The Hall–Kier alpha value is -1.35. The van der Waals surface area contributed by atoms with Crippen LogP contribution in [-0.2, 0) is 11.2 Å². The summed E-state index contributed by atoms with van der Waals surface area (Å²) in [7, 11) is 0. The highest BCUT2D eigenvalue weighted by Crippen LogP contribution is 2.43. The Morgan fingerprint density at radius 1 is 1.32 bits per heavy atom. The van der Waals surface area contributed by atoms with Crippen molar-refractivity contribution in [2.75, 3.05) is 6.54 Å². The average Bonchev–Trinajstić information content (AvgIpc) is 2.50. The number of hydrogen-bond acceptors (Lipinski definition) is 2. The third-order valence-corrected chi connectivity index (χ3v) is 5.47. The molecule has 1 aliphatic carbocycles. The molecule has 22 heavy (non-hydrogen) atoms. The van der Waals surface area contributed by atoms with Crippen LogP contribution in [0.4, 0.5) is 0 Å². The Kier molecular flexibility index (Phi) is 4.26. The Labute approximate surface area is 133 Å². The van der Waals surface area contributed by atoms with Gasteiger partial charge in [0.05, 0.1) is 6.04 Å². The smallest absolute Gasteiger partial charge is 0.223 e. The van der Waals surface area contributed by atoms with Gasteiger partial charge >= 0.3 is 0 Å². The molecule has 0 spiro atoms. The molecule has 3 rings (SSSR count). The number of carbonyl (C=O) groups is 1. The van der Waals surface area contributed by atoms with E-state index < -0.39 is 0 Å². The van der Waals surface area contributed by atoms with E-state index >= 15 is 0 Å². The fourth-order valence-electron chi connectivity index (χ4n) is 3.97. The molecule has 0 saturated carbocycles. The van der Waals surface area contributed by atoms with Crippen LogP contribution < -0.4 is 10.6 Å². The molecule has 1 amide bonds. The van der Waals surface area contributed by atoms with E-state index in [9.17, 15) is 4.79 Å². The molecule has 1 heterocycles. The Morgan fingerprint density at radius 3 is 2.86 bits per heavy atom. The SMILES string of the molecule is C[C@H]1C[C@@H](C(=O)NC2c3ccccc3CCC2(C)C)CCN1. The summed E-state index contributed by atoms with van der Waals surface area (Å²) in [6, 6.07) is 9.16. The highest BCUT2D eigenvalue weighted by atomic mass is 16.2. The Balaban J connectivity index is 1.79. The zero-order valence-electron chi connectivity index (χ0n) is 14.0. The van der Waals surface area contributed by atoms with E-state index in [4.69, 9.17) is 0 Å². The molecular formula is C19H28N2O. The van der Waals surface area contributed by atoms with E-state index in [2.05, 4.69) is 55.7 Å². The number of amides is 1. The first-order valence-corrected chi connectivity index (χ1v) is 8.59. The first-order valence-electron chi connectivity index (χ1n) is 8.59. The zero-order chi connectivity index (χ0) is 15.7.